The normalized spacial score (nSPS) is 11.4. The predicted molar refractivity (Wildman–Crippen MR) is 246 cm³/mol. The monoisotopic (exact) mass is 770 g/mol. The summed E-state index contributed by atoms with van der Waals surface area (Å²) in [7, 11) is 0. The summed E-state index contributed by atoms with van der Waals surface area (Å²) in [5.74, 6) is 1.86. The van der Waals surface area contributed by atoms with Crippen molar-refractivity contribution in [3.8, 4) is 78.8 Å². The minimum absolute atomic E-state index is 0.613. The number of benzene rings is 8. The lowest BCUT2D eigenvalue weighted by Gasteiger charge is -2.11. The molecular weight excluding hydrogens is 737 g/mol. The van der Waals surface area contributed by atoms with E-state index in [1.54, 1.807) is 0 Å². The first-order valence-corrected chi connectivity index (χ1v) is 20.5. The molecule has 0 atom stereocenters. The van der Waals surface area contributed by atoms with Gasteiger partial charge in [-0.25, -0.2) is 19.9 Å². The van der Waals surface area contributed by atoms with Crippen molar-refractivity contribution in [3.63, 3.8) is 0 Å². The van der Waals surface area contributed by atoms with Crippen LogP contribution in [0.15, 0.2) is 206 Å². The lowest BCUT2D eigenvalue weighted by Crippen LogP contribution is -2.00. The van der Waals surface area contributed by atoms with Gasteiger partial charge in [-0.1, -0.05) is 188 Å². The highest BCUT2D eigenvalue weighted by Gasteiger charge is 2.18. The number of aromatic nitrogens is 4. The minimum atomic E-state index is 0.613. The second kappa shape index (κ2) is 14.7. The average Bonchev–Trinajstić information content (AvgIpc) is 3.72. The number of fused-ring (bicyclic) bond motifs is 5. The van der Waals surface area contributed by atoms with Gasteiger partial charge in [-0.3, -0.25) is 0 Å². The van der Waals surface area contributed by atoms with E-state index in [-0.39, 0.29) is 0 Å². The van der Waals surface area contributed by atoms with Crippen molar-refractivity contribution in [2.24, 2.45) is 0 Å². The molecule has 59 heavy (non-hydrogen) atoms. The number of pyridine rings is 1. The Kier molecular flexibility index (Phi) is 8.64. The molecule has 0 amide bonds. The Bertz CT molecular complexity index is 3170. The summed E-state index contributed by atoms with van der Waals surface area (Å²) in [6.07, 6.45) is 0. The smallest absolute Gasteiger partial charge is 0.164 e. The van der Waals surface area contributed by atoms with Crippen LogP contribution in [0, 0.1) is 0 Å². The van der Waals surface area contributed by atoms with Gasteiger partial charge in [0.1, 0.15) is 0 Å². The molecule has 11 rings (SSSR count). The van der Waals surface area contributed by atoms with Crippen molar-refractivity contribution in [2.45, 2.75) is 0 Å². The summed E-state index contributed by atoms with van der Waals surface area (Å²) in [6, 6.07) is 72.1. The van der Waals surface area contributed by atoms with Crippen LogP contribution in [0.4, 0.5) is 0 Å². The van der Waals surface area contributed by atoms with Gasteiger partial charge < -0.3 is 0 Å². The van der Waals surface area contributed by atoms with Crippen LogP contribution in [0.1, 0.15) is 0 Å². The maximum atomic E-state index is 5.36. The zero-order chi connectivity index (χ0) is 39.1. The van der Waals surface area contributed by atoms with Crippen LogP contribution < -0.4 is 0 Å². The van der Waals surface area contributed by atoms with Gasteiger partial charge in [0.25, 0.3) is 0 Å². The van der Waals surface area contributed by atoms with Crippen molar-refractivity contribution >= 4 is 42.4 Å². The van der Waals surface area contributed by atoms with Crippen LogP contribution in [0.2, 0.25) is 0 Å². The quantitative estimate of drug-likeness (QED) is 0.162. The Labute approximate surface area is 345 Å². The van der Waals surface area contributed by atoms with E-state index in [0.717, 1.165) is 44.6 Å². The molecular formula is C54H34N4S. The van der Waals surface area contributed by atoms with E-state index < -0.39 is 0 Å². The number of thiophene rings is 1. The molecule has 0 saturated carbocycles. The third-order valence-electron chi connectivity index (χ3n) is 11.0. The van der Waals surface area contributed by atoms with Crippen LogP contribution in [0.25, 0.3) is 110 Å². The molecule has 0 radical (unpaired) electrons. The van der Waals surface area contributed by atoms with Crippen molar-refractivity contribution < 1.29 is 0 Å². The number of rotatable bonds is 7. The fourth-order valence-electron chi connectivity index (χ4n) is 7.91. The van der Waals surface area contributed by atoms with Gasteiger partial charge in [0.15, 0.2) is 17.5 Å². The van der Waals surface area contributed by atoms with E-state index >= 15 is 0 Å². The van der Waals surface area contributed by atoms with Crippen LogP contribution in [-0.2, 0) is 0 Å². The fraction of sp³-hybridized carbons (Fsp3) is 0. The minimum Gasteiger partial charge on any atom is -0.247 e. The van der Waals surface area contributed by atoms with Gasteiger partial charge in [-0.05, 0) is 51.6 Å². The summed E-state index contributed by atoms with van der Waals surface area (Å²) < 4.78 is 2.50. The lowest BCUT2D eigenvalue weighted by atomic mass is 9.99. The maximum Gasteiger partial charge on any atom is 0.164 e. The Hall–Kier alpha value is -7.60. The zero-order valence-electron chi connectivity index (χ0n) is 31.8. The summed E-state index contributed by atoms with van der Waals surface area (Å²) in [6.45, 7) is 0. The average molecular weight is 771 g/mol. The van der Waals surface area contributed by atoms with Gasteiger partial charge in [-0.2, -0.15) is 0 Å². The molecule has 0 fully saturated rings. The van der Waals surface area contributed by atoms with Crippen LogP contribution in [-0.4, -0.2) is 19.9 Å². The van der Waals surface area contributed by atoms with E-state index in [1.165, 1.54) is 47.8 Å². The maximum absolute atomic E-state index is 5.36. The highest BCUT2D eigenvalue weighted by Crippen LogP contribution is 2.44. The Morgan fingerprint density at radius 3 is 1.19 bits per heavy atom. The third-order valence-corrected chi connectivity index (χ3v) is 12.2. The summed E-state index contributed by atoms with van der Waals surface area (Å²) in [5.41, 5.74) is 12.7. The third kappa shape index (κ3) is 6.54. The van der Waals surface area contributed by atoms with Crippen LogP contribution in [0.3, 0.4) is 0 Å². The van der Waals surface area contributed by atoms with Crippen molar-refractivity contribution in [1.29, 1.82) is 0 Å². The second-order valence-corrected chi connectivity index (χ2v) is 15.7. The number of hydrogen-bond donors (Lipinski definition) is 0. The molecule has 0 aliphatic rings. The molecule has 0 N–H and O–H groups in total. The lowest BCUT2D eigenvalue weighted by molar-refractivity contribution is 1.07. The van der Waals surface area contributed by atoms with E-state index in [2.05, 4.69) is 194 Å². The van der Waals surface area contributed by atoms with Gasteiger partial charge in [0.05, 0.1) is 11.2 Å². The SMILES string of the molecule is c1ccc(-c2ccc(-c3nc(-c4ccc(-c5ccccc5)cc4)nc(-c4ccc(-c5nc6ccc(-c7ccccc7)cc6c6sc7ccccc7c56)cc4)n3)cc2)cc1. The standard InChI is InChI=1S/C54H34N4S/c1-4-12-35(13-5-1)38-20-26-41(27-21-38)52-56-53(42-28-22-39(23-29-42)36-14-6-2-7-15-36)58-54(57-52)43-30-24-40(25-31-43)50-49-45-18-10-11-19-48(45)59-51(49)46-34-44(32-33-47(46)55-50)37-16-8-3-9-17-37/h1-34H. The van der Waals surface area contributed by atoms with E-state index in [1.807, 2.05) is 23.5 Å². The molecule has 0 aliphatic heterocycles. The zero-order valence-corrected chi connectivity index (χ0v) is 32.6. The van der Waals surface area contributed by atoms with E-state index in [4.69, 9.17) is 19.9 Å². The molecule has 276 valence electrons. The van der Waals surface area contributed by atoms with Gasteiger partial charge in [0, 0.05) is 47.8 Å². The van der Waals surface area contributed by atoms with E-state index in [0.29, 0.717) is 17.5 Å². The molecule has 11 aromatic rings. The Balaban J connectivity index is 1.01. The largest absolute Gasteiger partial charge is 0.247 e. The van der Waals surface area contributed by atoms with Crippen molar-refractivity contribution in [2.75, 3.05) is 0 Å². The Morgan fingerprint density at radius 2 is 0.678 bits per heavy atom. The molecule has 4 nitrogen and oxygen atoms in total. The van der Waals surface area contributed by atoms with Crippen LogP contribution in [0.5, 0.6) is 0 Å². The molecule has 3 aromatic heterocycles. The van der Waals surface area contributed by atoms with E-state index in [9.17, 15) is 0 Å². The summed E-state index contributed by atoms with van der Waals surface area (Å²) in [5, 5.41) is 3.56. The molecule has 0 spiro atoms. The topological polar surface area (TPSA) is 51.6 Å². The molecule has 3 heterocycles. The predicted octanol–water partition coefficient (Wildman–Crippen LogP) is 14.5. The molecule has 0 bridgehead atoms. The first kappa shape index (κ1) is 34.6. The fourth-order valence-corrected chi connectivity index (χ4v) is 9.13. The molecule has 0 unspecified atom stereocenters. The Morgan fingerprint density at radius 1 is 0.288 bits per heavy atom. The molecule has 0 aliphatic carbocycles. The highest BCUT2D eigenvalue weighted by molar-refractivity contribution is 7.26. The molecule has 8 aromatic carbocycles. The summed E-state index contributed by atoms with van der Waals surface area (Å²) in [4.78, 5) is 20.6. The number of nitrogens with zero attached hydrogens (tertiary/aromatic N) is 4. The second-order valence-electron chi connectivity index (χ2n) is 14.6. The molecule has 5 heteroatoms. The first-order valence-electron chi connectivity index (χ1n) is 19.7. The van der Waals surface area contributed by atoms with Crippen LogP contribution >= 0.6 is 11.3 Å². The van der Waals surface area contributed by atoms with Crippen molar-refractivity contribution in [1.82, 2.24) is 19.9 Å². The van der Waals surface area contributed by atoms with Gasteiger partial charge in [-0.15, -0.1) is 11.3 Å². The van der Waals surface area contributed by atoms with Gasteiger partial charge >= 0.3 is 0 Å². The molecule has 0 saturated heterocycles. The summed E-state index contributed by atoms with van der Waals surface area (Å²) >= 11 is 1.83. The highest BCUT2D eigenvalue weighted by atomic mass is 32.1. The first-order chi connectivity index (χ1) is 29.2. The number of hydrogen-bond acceptors (Lipinski definition) is 5. The van der Waals surface area contributed by atoms with Crippen molar-refractivity contribution in [3.05, 3.63) is 206 Å². The van der Waals surface area contributed by atoms with Gasteiger partial charge in [0.2, 0.25) is 0 Å².